The Morgan fingerprint density at radius 3 is 2.64 bits per heavy atom. The number of hydrogen-bond donors (Lipinski definition) is 0. The van der Waals surface area contributed by atoms with Crippen LogP contribution in [0.15, 0.2) is 69.0 Å². The lowest BCUT2D eigenvalue weighted by atomic mass is 10.2. The van der Waals surface area contributed by atoms with Gasteiger partial charge < -0.3 is 9.47 Å². The molecule has 0 aliphatic rings. The molecular formula is C24H18BrCl2N3O3. The summed E-state index contributed by atoms with van der Waals surface area (Å²) in [6.07, 6.45) is 1.57. The summed E-state index contributed by atoms with van der Waals surface area (Å²) in [5, 5.41) is 5.79. The number of aromatic nitrogens is 2. The van der Waals surface area contributed by atoms with Gasteiger partial charge in [-0.2, -0.15) is 9.78 Å². The molecule has 0 N–H and O–H groups in total. The van der Waals surface area contributed by atoms with Crippen LogP contribution in [0, 0.1) is 6.92 Å². The van der Waals surface area contributed by atoms with Gasteiger partial charge in [-0.3, -0.25) is 4.79 Å². The predicted octanol–water partition coefficient (Wildman–Crippen LogP) is 6.24. The van der Waals surface area contributed by atoms with Crippen LogP contribution in [0.2, 0.25) is 10.0 Å². The Bertz CT molecular complexity index is 1440. The van der Waals surface area contributed by atoms with Crippen molar-refractivity contribution in [1.82, 2.24) is 9.66 Å². The first-order valence-electron chi connectivity index (χ1n) is 9.84. The summed E-state index contributed by atoms with van der Waals surface area (Å²) in [6, 6.07) is 16.1. The minimum atomic E-state index is -0.247. The minimum Gasteiger partial charge on any atom is -0.493 e. The topological polar surface area (TPSA) is 65.7 Å². The molecule has 168 valence electrons. The van der Waals surface area contributed by atoms with E-state index in [1.807, 2.05) is 18.2 Å². The normalized spacial score (nSPS) is 11.3. The van der Waals surface area contributed by atoms with Gasteiger partial charge >= 0.3 is 0 Å². The van der Waals surface area contributed by atoms with Crippen LogP contribution in [0.25, 0.3) is 10.9 Å². The first kappa shape index (κ1) is 23.3. The van der Waals surface area contributed by atoms with Crippen LogP contribution in [0.5, 0.6) is 11.5 Å². The van der Waals surface area contributed by atoms with E-state index in [9.17, 15) is 4.79 Å². The maximum absolute atomic E-state index is 12.9. The molecule has 0 bridgehead atoms. The SMILES string of the molecule is COc1cc(C=Nn2c(C)nc3ccc(Br)cc3c2=O)ccc1OCc1ccc(Cl)c(Cl)c1. The first-order chi connectivity index (χ1) is 15.9. The van der Waals surface area contributed by atoms with Crippen molar-refractivity contribution >= 4 is 56.2 Å². The maximum atomic E-state index is 12.9. The molecule has 33 heavy (non-hydrogen) atoms. The Morgan fingerprint density at radius 2 is 1.88 bits per heavy atom. The third-order valence-corrected chi connectivity index (χ3v) is 6.09. The largest absolute Gasteiger partial charge is 0.493 e. The van der Waals surface area contributed by atoms with E-state index in [0.29, 0.717) is 44.9 Å². The second kappa shape index (κ2) is 9.95. The lowest BCUT2D eigenvalue weighted by molar-refractivity contribution is 0.284. The molecule has 0 fully saturated rings. The van der Waals surface area contributed by atoms with Gasteiger partial charge in [0.15, 0.2) is 11.5 Å². The van der Waals surface area contributed by atoms with Crippen molar-refractivity contribution in [2.45, 2.75) is 13.5 Å². The second-order valence-electron chi connectivity index (χ2n) is 7.13. The molecule has 0 saturated heterocycles. The number of fused-ring (bicyclic) bond motifs is 1. The van der Waals surface area contributed by atoms with Crippen molar-refractivity contribution < 1.29 is 9.47 Å². The predicted molar refractivity (Wildman–Crippen MR) is 135 cm³/mol. The lowest BCUT2D eigenvalue weighted by Gasteiger charge is -2.12. The molecule has 0 atom stereocenters. The molecule has 1 aromatic heterocycles. The number of ether oxygens (including phenoxy) is 2. The van der Waals surface area contributed by atoms with E-state index >= 15 is 0 Å². The van der Waals surface area contributed by atoms with Crippen LogP contribution in [-0.4, -0.2) is 23.0 Å². The standard InChI is InChI=1S/C24H18BrCl2N3O3/c1-14-29-21-7-5-17(25)11-18(21)24(31)30(14)28-12-15-4-8-22(23(10-15)32-2)33-13-16-3-6-19(26)20(27)9-16/h3-12H,13H2,1-2H3. The summed E-state index contributed by atoms with van der Waals surface area (Å²) in [4.78, 5) is 17.4. The van der Waals surface area contributed by atoms with Gasteiger partial charge in [-0.1, -0.05) is 45.2 Å². The van der Waals surface area contributed by atoms with E-state index in [4.69, 9.17) is 32.7 Å². The van der Waals surface area contributed by atoms with Crippen LogP contribution in [0.1, 0.15) is 17.0 Å². The van der Waals surface area contributed by atoms with Crippen molar-refractivity contribution in [3.8, 4) is 11.5 Å². The quantitative estimate of drug-likeness (QED) is 0.268. The van der Waals surface area contributed by atoms with Crippen LogP contribution >= 0.6 is 39.1 Å². The number of aryl methyl sites for hydroxylation is 1. The van der Waals surface area contributed by atoms with E-state index in [-0.39, 0.29) is 5.56 Å². The van der Waals surface area contributed by atoms with E-state index in [1.165, 1.54) is 4.68 Å². The molecule has 6 nitrogen and oxygen atoms in total. The Hall–Kier alpha value is -2.87. The number of nitrogens with zero attached hydrogens (tertiary/aromatic N) is 3. The highest BCUT2D eigenvalue weighted by Gasteiger charge is 2.09. The van der Waals surface area contributed by atoms with Gasteiger partial charge in [0.25, 0.3) is 5.56 Å². The van der Waals surface area contributed by atoms with Gasteiger partial charge in [-0.15, -0.1) is 0 Å². The molecular weight excluding hydrogens is 529 g/mol. The third kappa shape index (κ3) is 5.21. The Morgan fingerprint density at radius 1 is 1.06 bits per heavy atom. The van der Waals surface area contributed by atoms with Crippen molar-refractivity contribution in [3.63, 3.8) is 0 Å². The zero-order chi connectivity index (χ0) is 23.5. The molecule has 4 aromatic rings. The fourth-order valence-electron chi connectivity index (χ4n) is 3.19. The second-order valence-corrected chi connectivity index (χ2v) is 8.86. The highest BCUT2D eigenvalue weighted by molar-refractivity contribution is 9.10. The average molecular weight is 547 g/mol. The number of hydrogen-bond acceptors (Lipinski definition) is 5. The van der Waals surface area contributed by atoms with Crippen LogP contribution in [-0.2, 0) is 6.61 Å². The molecule has 0 radical (unpaired) electrons. The summed E-state index contributed by atoms with van der Waals surface area (Å²) in [5.74, 6) is 1.58. The summed E-state index contributed by atoms with van der Waals surface area (Å²) in [6.45, 7) is 2.04. The summed E-state index contributed by atoms with van der Waals surface area (Å²) >= 11 is 15.4. The summed E-state index contributed by atoms with van der Waals surface area (Å²) in [5.41, 5.74) is 1.98. The van der Waals surface area contributed by atoms with Crippen molar-refractivity contribution in [2.24, 2.45) is 5.10 Å². The van der Waals surface area contributed by atoms with E-state index in [0.717, 1.165) is 15.6 Å². The molecule has 4 rings (SSSR count). The Labute approximate surface area is 208 Å². The van der Waals surface area contributed by atoms with Gasteiger partial charge in [-0.05, 0) is 66.6 Å². The number of benzene rings is 3. The molecule has 9 heteroatoms. The zero-order valence-corrected chi connectivity index (χ0v) is 20.8. The van der Waals surface area contributed by atoms with Crippen molar-refractivity contribution in [3.05, 3.63) is 96.4 Å². The fourth-order valence-corrected chi connectivity index (χ4v) is 3.88. The van der Waals surface area contributed by atoms with Crippen LogP contribution < -0.4 is 15.0 Å². The molecule has 1 heterocycles. The number of rotatable bonds is 6. The average Bonchev–Trinajstić information content (AvgIpc) is 2.80. The minimum absolute atomic E-state index is 0.247. The van der Waals surface area contributed by atoms with Gasteiger partial charge in [-0.25, -0.2) is 4.98 Å². The lowest BCUT2D eigenvalue weighted by Crippen LogP contribution is -2.20. The highest BCUT2D eigenvalue weighted by atomic mass is 79.9. The fraction of sp³-hybridized carbons (Fsp3) is 0.125. The van der Waals surface area contributed by atoms with E-state index in [2.05, 4.69) is 26.0 Å². The number of methoxy groups -OCH3 is 1. The molecule has 0 saturated carbocycles. The Balaban J connectivity index is 1.58. The van der Waals surface area contributed by atoms with Crippen LogP contribution in [0.4, 0.5) is 0 Å². The molecule has 0 spiro atoms. The smallest absolute Gasteiger partial charge is 0.282 e. The van der Waals surface area contributed by atoms with Crippen LogP contribution in [0.3, 0.4) is 0 Å². The molecule has 0 amide bonds. The van der Waals surface area contributed by atoms with Gasteiger partial charge in [0.1, 0.15) is 12.4 Å². The summed E-state index contributed by atoms with van der Waals surface area (Å²) < 4.78 is 13.4. The van der Waals surface area contributed by atoms with Crippen molar-refractivity contribution in [1.29, 1.82) is 0 Å². The monoisotopic (exact) mass is 545 g/mol. The molecule has 0 aliphatic heterocycles. The molecule has 3 aromatic carbocycles. The highest BCUT2D eigenvalue weighted by Crippen LogP contribution is 2.29. The van der Waals surface area contributed by atoms with Gasteiger partial charge in [0.05, 0.1) is 34.3 Å². The van der Waals surface area contributed by atoms with Gasteiger partial charge in [0, 0.05) is 4.47 Å². The van der Waals surface area contributed by atoms with E-state index < -0.39 is 0 Å². The maximum Gasteiger partial charge on any atom is 0.282 e. The third-order valence-electron chi connectivity index (χ3n) is 4.86. The van der Waals surface area contributed by atoms with Crippen molar-refractivity contribution in [2.75, 3.05) is 7.11 Å². The van der Waals surface area contributed by atoms with E-state index in [1.54, 1.807) is 56.6 Å². The summed E-state index contributed by atoms with van der Waals surface area (Å²) in [7, 11) is 1.56. The Kier molecular flexibility index (Phi) is 7.02. The molecule has 0 aliphatic carbocycles. The zero-order valence-electron chi connectivity index (χ0n) is 17.7. The van der Waals surface area contributed by atoms with Gasteiger partial charge in [0.2, 0.25) is 0 Å². The first-order valence-corrected chi connectivity index (χ1v) is 11.4. The molecule has 0 unspecified atom stereocenters. The number of halogens is 3.